The summed E-state index contributed by atoms with van der Waals surface area (Å²) in [5.41, 5.74) is 2.28. The first-order valence-corrected chi connectivity index (χ1v) is 11.1. The van der Waals surface area contributed by atoms with E-state index >= 15 is 0 Å². The summed E-state index contributed by atoms with van der Waals surface area (Å²) in [7, 11) is 0. The number of fused-ring (bicyclic) bond motifs is 3. The van der Waals surface area contributed by atoms with Crippen LogP contribution in [-0.2, 0) is 19.4 Å². The first kappa shape index (κ1) is 18.5. The maximum absolute atomic E-state index is 12.9. The van der Waals surface area contributed by atoms with E-state index in [2.05, 4.69) is 39.5 Å². The Balaban J connectivity index is 1.25. The molecule has 1 fully saturated rings. The first-order valence-electron chi connectivity index (χ1n) is 10.3. The van der Waals surface area contributed by atoms with Crippen LogP contribution in [0.15, 0.2) is 41.3 Å². The molecule has 0 saturated carbocycles. The van der Waals surface area contributed by atoms with E-state index in [4.69, 9.17) is 0 Å². The number of piperidine rings is 1. The van der Waals surface area contributed by atoms with E-state index in [1.54, 1.807) is 15.7 Å². The summed E-state index contributed by atoms with van der Waals surface area (Å²) in [5, 5.41) is 3.07. The maximum Gasteiger partial charge on any atom is 0.271 e. The Bertz CT molecular complexity index is 1100. The van der Waals surface area contributed by atoms with Crippen molar-refractivity contribution in [3.63, 3.8) is 0 Å². The van der Waals surface area contributed by atoms with Gasteiger partial charge in [0.2, 0.25) is 0 Å². The van der Waals surface area contributed by atoms with Gasteiger partial charge in [-0.25, -0.2) is 4.98 Å². The van der Waals surface area contributed by atoms with Gasteiger partial charge in [-0.1, -0.05) is 30.3 Å². The quantitative estimate of drug-likeness (QED) is 0.721. The summed E-state index contributed by atoms with van der Waals surface area (Å²) >= 11 is 1.57. The third kappa shape index (κ3) is 3.60. The van der Waals surface area contributed by atoms with E-state index in [-0.39, 0.29) is 23.1 Å². The van der Waals surface area contributed by atoms with Crippen molar-refractivity contribution in [2.24, 2.45) is 0 Å². The van der Waals surface area contributed by atoms with E-state index in [0.717, 1.165) is 57.4 Å². The summed E-state index contributed by atoms with van der Waals surface area (Å²) in [6.07, 6.45) is 6.20. The molecule has 6 nitrogen and oxygen atoms in total. The van der Waals surface area contributed by atoms with Crippen LogP contribution in [0.4, 0.5) is 0 Å². The normalized spacial score (nSPS) is 17.5. The zero-order valence-corrected chi connectivity index (χ0v) is 17.1. The Labute approximate surface area is 173 Å². The van der Waals surface area contributed by atoms with Crippen molar-refractivity contribution < 1.29 is 4.79 Å². The molecule has 0 spiro atoms. The Kier molecular flexibility index (Phi) is 4.93. The number of likely N-dealkylation sites (tertiary alicyclic amines) is 1. The van der Waals surface area contributed by atoms with Crippen LogP contribution in [0.5, 0.6) is 0 Å². The molecule has 0 bridgehead atoms. The van der Waals surface area contributed by atoms with Crippen molar-refractivity contribution in [2.75, 3.05) is 13.1 Å². The fourth-order valence-corrected chi connectivity index (χ4v) is 5.57. The molecule has 3 heterocycles. The van der Waals surface area contributed by atoms with Gasteiger partial charge in [-0.2, -0.15) is 0 Å². The molecule has 0 radical (unpaired) electrons. The second kappa shape index (κ2) is 7.72. The molecular weight excluding hydrogens is 384 g/mol. The lowest BCUT2D eigenvalue weighted by Crippen LogP contribution is -2.45. The average Bonchev–Trinajstić information content (AvgIpc) is 3.31. The summed E-state index contributed by atoms with van der Waals surface area (Å²) in [4.78, 5) is 34.5. The third-order valence-corrected chi connectivity index (χ3v) is 7.13. The number of amides is 1. The van der Waals surface area contributed by atoms with E-state index in [1.165, 1.54) is 16.6 Å². The SMILES string of the molecule is O=C(NC1CCN(Cc2ccccc2)CC1)c1cnc2sc3c(n2c1=O)CCC3. The summed E-state index contributed by atoms with van der Waals surface area (Å²) in [5.74, 6) is -0.295. The average molecular weight is 409 g/mol. The lowest BCUT2D eigenvalue weighted by molar-refractivity contribution is 0.0907. The fourth-order valence-electron chi connectivity index (χ4n) is 4.40. The molecule has 0 atom stereocenters. The largest absolute Gasteiger partial charge is 0.349 e. The number of hydrogen-bond donors (Lipinski definition) is 1. The van der Waals surface area contributed by atoms with Gasteiger partial charge in [0.15, 0.2) is 4.96 Å². The van der Waals surface area contributed by atoms with Gasteiger partial charge in [-0.15, -0.1) is 11.3 Å². The topological polar surface area (TPSA) is 66.7 Å². The van der Waals surface area contributed by atoms with Crippen LogP contribution in [-0.4, -0.2) is 39.3 Å². The van der Waals surface area contributed by atoms with E-state index < -0.39 is 0 Å². The zero-order chi connectivity index (χ0) is 19.8. The molecule has 1 N–H and O–H groups in total. The fraction of sp³-hybridized carbons (Fsp3) is 0.409. The highest BCUT2D eigenvalue weighted by Gasteiger charge is 2.25. The van der Waals surface area contributed by atoms with Gasteiger partial charge < -0.3 is 5.32 Å². The zero-order valence-electron chi connectivity index (χ0n) is 16.3. The van der Waals surface area contributed by atoms with Gasteiger partial charge in [0.05, 0.1) is 0 Å². The van der Waals surface area contributed by atoms with Gasteiger partial charge in [-0.3, -0.25) is 18.9 Å². The van der Waals surface area contributed by atoms with Crippen LogP contribution in [0.25, 0.3) is 4.96 Å². The number of thiazole rings is 1. The van der Waals surface area contributed by atoms with Crippen LogP contribution in [0, 0.1) is 0 Å². The van der Waals surface area contributed by atoms with Crippen molar-refractivity contribution in [1.29, 1.82) is 0 Å². The molecule has 1 aromatic carbocycles. The lowest BCUT2D eigenvalue weighted by atomic mass is 10.0. The number of aryl methyl sites for hydroxylation is 2. The molecule has 7 heteroatoms. The molecule has 2 aromatic heterocycles. The second-order valence-electron chi connectivity index (χ2n) is 7.93. The number of nitrogens with one attached hydrogen (secondary N) is 1. The molecule has 1 aliphatic carbocycles. The summed E-state index contributed by atoms with van der Waals surface area (Å²) < 4.78 is 1.66. The van der Waals surface area contributed by atoms with E-state index in [1.807, 2.05) is 6.07 Å². The monoisotopic (exact) mass is 408 g/mol. The van der Waals surface area contributed by atoms with Crippen molar-refractivity contribution >= 4 is 22.2 Å². The minimum atomic E-state index is -0.295. The van der Waals surface area contributed by atoms with Crippen LogP contribution in [0.2, 0.25) is 0 Å². The van der Waals surface area contributed by atoms with Gasteiger partial charge in [0.25, 0.3) is 11.5 Å². The highest BCUT2D eigenvalue weighted by atomic mass is 32.1. The number of nitrogens with zero attached hydrogens (tertiary/aromatic N) is 3. The molecule has 1 amide bonds. The summed E-state index contributed by atoms with van der Waals surface area (Å²) in [6, 6.07) is 10.5. The molecule has 29 heavy (non-hydrogen) atoms. The van der Waals surface area contributed by atoms with Gasteiger partial charge in [-0.05, 0) is 37.7 Å². The highest BCUT2D eigenvalue weighted by Crippen LogP contribution is 2.29. The highest BCUT2D eigenvalue weighted by molar-refractivity contribution is 7.17. The minimum Gasteiger partial charge on any atom is -0.349 e. The molecule has 1 aliphatic heterocycles. The number of carbonyl (C=O) groups excluding carboxylic acids is 1. The molecule has 3 aromatic rings. The van der Waals surface area contributed by atoms with Crippen LogP contribution >= 0.6 is 11.3 Å². The Morgan fingerprint density at radius 3 is 2.76 bits per heavy atom. The number of carbonyl (C=O) groups is 1. The first-order chi connectivity index (χ1) is 14.2. The molecular formula is C22H24N4O2S. The third-order valence-electron chi connectivity index (χ3n) is 5.97. The van der Waals surface area contributed by atoms with Crippen molar-refractivity contribution in [1.82, 2.24) is 19.6 Å². The van der Waals surface area contributed by atoms with Gasteiger partial charge >= 0.3 is 0 Å². The van der Waals surface area contributed by atoms with Crippen LogP contribution < -0.4 is 10.9 Å². The standard InChI is InChI=1S/C22H24N4O2S/c27-20(17-13-23-22-26(21(17)28)18-7-4-8-19(18)29-22)24-16-9-11-25(12-10-16)14-15-5-2-1-3-6-15/h1-3,5-6,13,16H,4,7-12,14H2,(H,24,27). The number of hydrogen-bond acceptors (Lipinski definition) is 5. The molecule has 5 rings (SSSR count). The number of rotatable bonds is 4. The predicted octanol–water partition coefficient (Wildman–Crippen LogP) is 2.64. The van der Waals surface area contributed by atoms with E-state index in [9.17, 15) is 9.59 Å². The van der Waals surface area contributed by atoms with Crippen molar-refractivity contribution in [3.05, 3.63) is 68.6 Å². The number of benzene rings is 1. The summed E-state index contributed by atoms with van der Waals surface area (Å²) in [6.45, 7) is 2.81. The Hall–Kier alpha value is -2.51. The van der Waals surface area contributed by atoms with Gasteiger partial charge in [0, 0.05) is 42.4 Å². The van der Waals surface area contributed by atoms with Crippen molar-refractivity contribution in [3.8, 4) is 0 Å². The Morgan fingerprint density at radius 1 is 1.17 bits per heavy atom. The van der Waals surface area contributed by atoms with Gasteiger partial charge in [0.1, 0.15) is 5.56 Å². The Morgan fingerprint density at radius 2 is 1.97 bits per heavy atom. The minimum absolute atomic E-state index is 0.0998. The van der Waals surface area contributed by atoms with E-state index in [0.29, 0.717) is 4.96 Å². The van der Waals surface area contributed by atoms with Crippen LogP contribution in [0.3, 0.4) is 0 Å². The molecule has 2 aliphatic rings. The second-order valence-corrected chi connectivity index (χ2v) is 8.99. The molecule has 150 valence electrons. The van der Waals surface area contributed by atoms with Crippen molar-refractivity contribution in [2.45, 2.75) is 44.7 Å². The number of aromatic nitrogens is 2. The smallest absolute Gasteiger partial charge is 0.271 e. The van der Waals surface area contributed by atoms with Crippen LogP contribution in [0.1, 0.15) is 45.8 Å². The predicted molar refractivity (Wildman–Crippen MR) is 114 cm³/mol. The maximum atomic E-state index is 12.9. The molecule has 1 saturated heterocycles. The lowest BCUT2D eigenvalue weighted by Gasteiger charge is -2.32. The molecule has 0 unspecified atom stereocenters.